The lowest BCUT2D eigenvalue weighted by Gasteiger charge is -2.52. The van der Waals surface area contributed by atoms with Crippen LogP contribution in [0.25, 0.3) is 0 Å². The predicted octanol–water partition coefficient (Wildman–Crippen LogP) is 4.36. The van der Waals surface area contributed by atoms with E-state index in [2.05, 4.69) is 79.4 Å². The molecular weight excluding hydrogens is 306 g/mol. The summed E-state index contributed by atoms with van der Waals surface area (Å²) in [6.07, 6.45) is 1.04. The molecule has 0 aromatic heterocycles. The first-order valence-corrected chi connectivity index (χ1v) is 9.54. The zero-order chi connectivity index (χ0) is 17.4. The molecule has 0 saturated carbocycles. The maximum Gasteiger partial charge on any atom is 0.154 e. The summed E-state index contributed by atoms with van der Waals surface area (Å²) in [4.78, 5) is 15.9. The van der Waals surface area contributed by atoms with Gasteiger partial charge in [0.25, 0.3) is 0 Å². The number of piperidine rings is 3. The largest absolute Gasteiger partial charge is 0.298 e. The molecule has 2 aromatic rings. The Labute approximate surface area is 150 Å². The number of carbonyl (C=O) groups is 1. The molecule has 2 bridgehead atoms. The van der Waals surface area contributed by atoms with Gasteiger partial charge < -0.3 is 0 Å². The van der Waals surface area contributed by atoms with Crippen molar-refractivity contribution in [3.05, 3.63) is 71.8 Å². The molecular formula is C23H27NO. The van der Waals surface area contributed by atoms with E-state index in [0.717, 1.165) is 19.5 Å². The van der Waals surface area contributed by atoms with Crippen molar-refractivity contribution in [3.8, 4) is 0 Å². The van der Waals surface area contributed by atoms with Gasteiger partial charge in [-0.15, -0.1) is 0 Å². The van der Waals surface area contributed by atoms with Crippen molar-refractivity contribution in [3.63, 3.8) is 0 Å². The number of rotatable bonds is 4. The standard InChI is InChI=1S/C23H27NO/c1-16(2)20-15-24-14-13-19(20)23(25)22(24)21(17-9-5-3-6-10-17)18-11-7-4-8-12-18/h3-12,16,19-22H,13-15H2,1-2H3. The van der Waals surface area contributed by atoms with Gasteiger partial charge in [0.05, 0.1) is 6.04 Å². The smallest absolute Gasteiger partial charge is 0.154 e. The summed E-state index contributed by atoms with van der Waals surface area (Å²) in [6, 6.07) is 21.1. The third-order valence-corrected chi connectivity index (χ3v) is 6.23. The van der Waals surface area contributed by atoms with Crippen LogP contribution in [-0.2, 0) is 4.79 Å². The number of fused-ring (bicyclic) bond motifs is 3. The Hall–Kier alpha value is -1.93. The van der Waals surface area contributed by atoms with Crippen LogP contribution in [0.2, 0.25) is 0 Å². The highest BCUT2D eigenvalue weighted by Gasteiger charge is 2.50. The third kappa shape index (κ3) is 2.93. The van der Waals surface area contributed by atoms with E-state index in [9.17, 15) is 4.79 Å². The fourth-order valence-electron chi connectivity index (χ4n) is 4.94. The molecule has 3 fully saturated rings. The van der Waals surface area contributed by atoms with E-state index in [1.54, 1.807) is 0 Å². The molecule has 0 aliphatic carbocycles. The molecule has 5 rings (SSSR count). The topological polar surface area (TPSA) is 20.3 Å². The summed E-state index contributed by atoms with van der Waals surface area (Å²) in [6.45, 7) is 6.65. The fraction of sp³-hybridized carbons (Fsp3) is 0.435. The zero-order valence-corrected chi connectivity index (χ0v) is 15.1. The normalized spacial score (nSPS) is 28.7. The molecule has 25 heavy (non-hydrogen) atoms. The van der Waals surface area contributed by atoms with Crippen LogP contribution in [-0.4, -0.2) is 29.8 Å². The van der Waals surface area contributed by atoms with Crippen molar-refractivity contribution in [2.75, 3.05) is 13.1 Å². The number of benzene rings is 2. The van der Waals surface area contributed by atoms with Gasteiger partial charge >= 0.3 is 0 Å². The molecule has 3 heterocycles. The van der Waals surface area contributed by atoms with E-state index in [0.29, 0.717) is 17.6 Å². The highest BCUT2D eigenvalue weighted by molar-refractivity contribution is 5.90. The molecule has 0 amide bonds. The molecule has 3 aliphatic heterocycles. The number of carbonyl (C=O) groups excluding carboxylic acids is 1. The van der Waals surface area contributed by atoms with Gasteiger partial charge in [-0.2, -0.15) is 0 Å². The van der Waals surface area contributed by atoms with Crippen molar-refractivity contribution < 1.29 is 4.79 Å². The van der Waals surface area contributed by atoms with E-state index in [4.69, 9.17) is 0 Å². The summed E-state index contributed by atoms with van der Waals surface area (Å²) >= 11 is 0. The number of Topliss-reactive ketones (excluding diaryl/α,β-unsaturated/α-hetero) is 1. The van der Waals surface area contributed by atoms with Crippen LogP contribution < -0.4 is 0 Å². The zero-order valence-electron chi connectivity index (χ0n) is 15.1. The molecule has 0 N–H and O–H groups in total. The van der Waals surface area contributed by atoms with Crippen molar-refractivity contribution in [2.45, 2.75) is 32.2 Å². The molecule has 130 valence electrons. The van der Waals surface area contributed by atoms with Crippen LogP contribution in [0, 0.1) is 17.8 Å². The van der Waals surface area contributed by atoms with E-state index >= 15 is 0 Å². The summed E-state index contributed by atoms with van der Waals surface area (Å²) in [5, 5.41) is 0. The van der Waals surface area contributed by atoms with Crippen molar-refractivity contribution in [1.82, 2.24) is 4.90 Å². The number of hydrogen-bond donors (Lipinski definition) is 0. The first kappa shape index (κ1) is 16.5. The van der Waals surface area contributed by atoms with Crippen molar-refractivity contribution >= 4 is 5.78 Å². The van der Waals surface area contributed by atoms with Crippen LogP contribution in [0.4, 0.5) is 0 Å². The molecule has 3 aliphatic rings. The molecule has 2 heteroatoms. The van der Waals surface area contributed by atoms with Gasteiger partial charge in [-0.1, -0.05) is 74.5 Å². The Morgan fingerprint density at radius 3 is 1.96 bits per heavy atom. The van der Waals surface area contributed by atoms with Crippen LogP contribution >= 0.6 is 0 Å². The predicted molar refractivity (Wildman–Crippen MR) is 102 cm³/mol. The lowest BCUT2D eigenvalue weighted by Crippen LogP contribution is -2.62. The van der Waals surface area contributed by atoms with Gasteiger partial charge in [-0.3, -0.25) is 9.69 Å². The number of ketones is 1. The highest BCUT2D eigenvalue weighted by atomic mass is 16.1. The Kier molecular flexibility index (Phi) is 4.47. The van der Waals surface area contributed by atoms with Crippen LogP contribution in [0.1, 0.15) is 37.3 Å². The first-order valence-electron chi connectivity index (χ1n) is 9.54. The quantitative estimate of drug-likeness (QED) is 0.828. The van der Waals surface area contributed by atoms with E-state index in [-0.39, 0.29) is 17.9 Å². The Morgan fingerprint density at radius 1 is 0.920 bits per heavy atom. The Morgan fingerprint density at radius 2 is 1.48 bits per heavy atom. The van der Waals surface area contributed by atoms with Gasteiger partial charge in [-0.25, -0.2) is 0 Å². The maximum atomic E-state index is 13.4. The summed E-state index contributed by atoms with van der Waals surface area (Å²) < 4.78 is 0. The first-order chi connectivity index (χ1) is 12.2. The van der Waals surface area contributed by atoms with Crippen LogP contribution in [0.15, 0.2) is 60.7 Å². The molecule has 2 nitrogen and oxygen atoms in total. The number of hydrogen-bond acceptors (Lipinski definition) is 2. The molecule has 3 saturated heterocycles. The lowest BCUT2D eigenvalue weighted by atomic mass is 9.66. The Bertz CT molecular complexity index is 685. The monoisotopic (exact) mass is 333 g/mol. The Balaban J connectivity index is 1.75. The SMILES string of the molecule is CC(C)C1CN2CCC1C(=O)C2C(c1ccccc1)c1ccccc1. The minimum atomic E-state index is -0.0152. The molecule has 0 spiro atoms. The molecule has 4 atom stereocenters. The fourth-order valence-corrected chi connectivity index (χ4v) is 4.94. The van der Waals surface area contributed by atoms with Crippen molar-refractivity contribution in [1.29, 1.82) is 0 Å². The van der Waals surface area contributed by atoms with Gasteiger partial charge in [0.1, 0.15) is 0 Å². The number of nitrogens with zero attached hydrogens (tertiary/aromatic N) is 1. The van der Waals surface area contributed by atoms with Crippen molar-refractivity contribution in [2.24, 2.45) is 17.8 Å². The average Bonchev–Trinajstić information content (AvgIpc) is 2.66. The maximum absolute atomic E-state index is 13.4. The third-order valence-electron chi connectivity index (χ3n) is 6.23. The minimum Gasteiger partial charge on any atom is -0.298 e. The van der Waals surface area contributed by atoms with Gasteiger partial charge in [-0.05, 0) is 35.9 Å². The van der Waals surface area contributed by atoms with Gasteiger partial charge in [0.2, 0.25) is 0 Å². The lowest BCUT2D eigenvalue weighted by molar-refractivity contribution is -0.144. The second-order valence-corrected chi connectivity index (χ2v) is 7.94. The average molecular weight is 333 g/mol. The van der Waals surface area contributed by atoms with Gasteiger partial charge in [0, 0.05) is 18.4 Å². The summed E-state index contributed by atoms with van der Waals surface area (Å²) in [5.41, 5.74) is 2.50. The second-order valence-electron chi connectivity index (χ2n) is 7.94. The summed E-state index contributed by atoms with van der Waals surface area (Å²) in [7, 11) is 0. The van der Waals surface area contributed by atoms with E-state index < -0.39 is 0 Å². The molecule has 4 unspecified atom stereocenters. The van der Waals surface area contributed by atoms with E-state index in [1.807, 2.05) is 0 Å². The molecule has 0 radical (unpaired) electrons. The highest BCUT2D eigenvalue weighted by Crippen LogP contribution is 2.43. The van der Waals surface area contributed by atoms with Crippen LogP contribution in [0.5, 0.6) is 0 Å². The van der Waals surface area contributed by atoms with E-state index in [1.165, 1.54) is 11.1 Å². The summed E-state index contributed by atoms with van der Waals surface area (Å²) in [5.74, 6) is 1.93. The van der Waals surface area contributed by atoms with Crippen LogP contribution in [0.3, 0.4) is 0 Å². The minimum absolute atomic E-state index is 0.0152. The second kappa shape index (κ2) is 6.76. The van der Waals surface area contributed by atoms with Gasteiger partial charge in [0.15, 0.2) is 5.78 Å². The molecule has 2 aromatic carbocycles.